The molecule has 1 atom stereocenters. The Labute approximate surface area is 195 Å². The number of hydrogen-bond acceptors (Lipinski definition) is 5. The highest BCUT2D eigenvalue weighted by atomic mass is 35.5. The lowest BCUT2D eigenvalue weighted by Crippen LogP contribution is -2.41. The zero-order valence-corrected chi connectivity index (χ0v) is 19.4. The minimum Gasteiger partial charge on any atom is -0.358 e. The second-order valence-corrected chi connectivity index (χ2v) is 9.63. The molecule has 0 radical (unpaired) electrons. The van der Waals surface area contributed by atoms with E-state index in [9.17, 15) is 14.4 Å². The summed E-state index contributed by atoms with van der Waals surface area (Å²) < 4.78 is 0. The first-order valence-electron chi connectivity index (χ1n) is 10.1. The number of benzene rings is 1. The molecule has 1 saturated carbocycles. The molecular weight excluding hydrogens is 454 g/mol. The molecule has 0 bridgehead atoms. The van der Waals surface area contributed by atoms with Gasteiger partial charge < -0.3 is 15.5 Å². The van der Waals surface area contributed by atoms with Crippen LogP contribution in [0.25, 0.3) is 0 Å². The third-order valence-corrected chi connectivity index (χ3v) is 7.37. The second-order valence-electron chi connectivity index (χ2n) is 7.85. The van der Waals surface area contributed by atoms with E-state index in [1.165, 1.54) is 11.3 Å². The predicted molar refractivity (Wildman–Crippen MR) is 126 cm³/mol. The van der Waals surface area contributed by atoms with Gasteiger partial charge in [0.25, 0.3) is 5.91 Å². The SMILES string of the molecule is Cc1ccc(NC(=S)NCc2scc3c2CN([C@H]2CCCC(=O)CC2=O)C3=O)cc1Cl. The number of nitrogens with one attached hydrogen (secondary N) is 2. The molecule has 162 valence electrons. The second kappa shape index (κ2) is 9.06. The Morgan fingerprint density at radius 2 is 2.13 bits per heavy atom. The fourth-order valence-corrected chi connectivity index (χ4v) is 5.31. The third kappa shape index (κ3) is 4.66. The summed E-state index contributed by atoms with van der Waals surface area (Å²) in [6, 6.07) is 5.13. The summed E-state index contributed by atoms with van der Waals surface area (Å²) in [7, 11) is 0. The largest absolute Gasteiger partial charge is 0.358 e. The summed E-state index contributed by atoms with van der Waals surface area (Å²) in [5.74, 6) is -0.305. The van der Waals surface area contributed by atoms with Crippen molar-refractivity contribution in [3.63, 3.8) is 0 Å². The van der Waals surface area contributed by atoms with Crippen molar-refractivity contribution in [2.45, 2.75) is 51.7 Å². The number of thiophene rings is 1. The van der Waals surface area contributed by atoms with Crippen molar-refractivity contribution in [2.75, 3.05) is 5.32 Å². The smallest absolute Gasteiger partial charge is 0.255 e. The molecule has 0 spiro atoms. The van der Waals surface area contributed by atoms with E-state index in [-0.39, 0.29) is 23.9 Å². The van der Waals surface area contributed by atoms with E-state index in [0.29, 0.717) is 48.1 Å². The molecule has 0 unspecified atom stereocenters. The summed E-state index contributed by atoms with van der Waals surface area (Å²) >= 11 is 13.1. The Morgan fingerprint density at radius 1 is 1.32 bits per heavy atom. The summed E-state index contributed by atoms with van der Waals surface area (Å²) in [4.78, 5) is 39.8. The van der Waals surface area contributed by atoms with Gasteiger partial charge >= 0.3 is 0 Å². The van der Waals surface area contributed by atoms with Gasteiger partial charge in [-0.3, -0.25) is 14.4 Å². The van der Waals surface area contributed by atoms with E-state index in [2.05, 4.69) is 10.6 Å². The summed E-state index contributed by atoms with van der Waals surface area (Å²) in [6.45, 7) is 2.81. The molecule has 1 aromatic heterocycles. The number of carbonyl (C=O) groups excluding carboxylic acids is 3. The minimum atomic E-state index is -0.508. The zero-order valence-electron chi connectivity index (χ0n) is 17.0. The zero-order chi connectivity index (χ0) is 22.1. The lowest BCUT2D eigenvalue weighted by molar-refractivity contribution is -0.128. The highest BCUT2D eigenvalue weighted by molar-refractivity contribution is 7.80. The number of halogens is 1. The van der Waals surface area contributed by atoms with Gasteiger partial charge in [0.15, 0.2) is 10.9 Å². The topological polar surface area (TPSA) is 78.5 Å². The van der Waals surface area contributed by atoms with Crippen molar-refractivity contribution in [2.24, 2.45) is 0 Å². The van der Waals surface area contributed by atoms with Crippen LogP contribution in [-0.4, -0.2) is 33.5 Å². The van der Waals surface area contributed by atoms with E-state index in [4.69, 9.17) is 23.8 Å². The summed E-state index contributed by atoms with van der Waals surface area (Å²) in [5.41, 5.74) is 3.37. The number of carbonyl (C=O) groups is 3. The number of rotatable bonds is 4. The lowest BCUT2D eigenvalue weighted by atomic mass is 10.1. The van der Waals surface area contributed by atoms with Crippen LogP contribution in [0.3, 0.4) is 0 Å². The number of thiocarbonyl (C=S) groups is 1. The molecular formula is C22H22ClN3O3S2. The van der Waals surface area contributed by atoms with E-state index in [1.54, 1.807) is 4.90 Å². The molecule has 9 heteroatoms. The summed E-state index contributed by atoms with van der Waals surface area (Å²) in [5, 5.41) is 9.26. The molecule has 31 heavy (non-hydrogen) atoms. The average Bonchev–Trinajstić information content (AvgIpc) is 3.21. The molecule has 0 saturated heterocycles. The van der Waals surface area contributed by atoms with Gasteiger partial charge in [0.05, 0.1) is 24.6 Å². The number of amides is 1. The van der Waals surface area contributed by atoms with Crippen LogP contribution in [0.1, 0.15) is 52.0 Å². The molecule has 6 nitrogen and oxygen atoms in total. The first kappa shape index (κ1) is 21.9. The normalized spacial score (nSPS) is 18.7. The Morgan fingerprint density at radius 3 is 2.90 bits per heavy atom. The van der Waals surface area contributed by atoms with Gasteiger partial charge in [-0.1, -0.05) is 17.7 Å². The van der Waals surface area contributed by atoms with Crippen LogP contribution in [0.5, 0.6) is 0 Å². The van der Waals surface area contributed by atoms with Crippen LogP contribution in [0.15, 0.2) is 23.6 Å². The maximum atomic E-state index is 12.9. The molecule has 2 heterocycles. The number of Topliss-reactive ketones (excluding diaryl/α,β-unsaturated/α-hetero) is 2. The highest BCUT2D eigenvalue weighted by Gasteiger charge is 2.39. The Balaban J connectivity index is 1.40. The molecule has 1 aliphatic heterocycles. The standard InChI is InChI=1S/C22H22ClN3O3S2/c1-12-5-6-13(7-17(12)23)25-22(30)24-9-20-15-10-26(21(29)16(15)11-31-20)18-4-2-3-14(27)8-19(18)28/h5-7,11,18H,2-4,8-10H2,1H3,(H2,24,25,30)/t18-/m0/s1. The average molecular weight is 476 g/mol. The van der Waals surface area contributed by atoms with Gasteiger partial charge in [0.2, 0.25) is 0 Å². The number of ketones is 2. The fourth-order valence-electron chi connectivity index (χ4n) is 3.96. The van der Waals surface area contributed by atoms with Crippen molar-refractivity contribution in [1.82, 2.24) is 10.2 Å². The van der Waals surface area contributed by atoms with Crippen LogP contribution in [-0.2, 0) is 22.7 Å². The molecule has 2 aliphatic rings. The predicted octanol–water partition coefficient (Wildman–Crippen LogP) is 4.23. The van der Waals surface area contributed by atoms with Crippen LogP contribution < -0.4 is 10.6 Å². The van der Waals surface area contributed by atoms with Gasteiger partial charge in [-0.05, 0) is 55.2 Å². The first-order chi connectivity index (χ1) is 14.8. The number of nitrogens with zero attached hydrogens (tertiary/aromatic N) is 1. The number of anilines is 1. The summed E-state index contributed by atoms with van der Waals surface area (Å²) in [6.07, 6.45) is 1.53. The van der Waals surface area contributed by atoms with E-state index < -0.39 is 6.04 Å². The van der Waals surface area contributed by atoms with E-state index in [0.717, 1.165) is 21.7 Å². The van der Waals surface area contributed by atoms with E-state index in [1.807, 2.05) is 30.5 Å². The minimum absolute atomic E-state index is 0.0332. The van der Waals surface area contributed by atoms with Gasteiger partial charge in [-0.25, -0.2) is 0 Å². The molecule has 1 fully saturated rings. The van der Waals surface area contributed by atoms with Crippen LogP contribution in [0.4, 0.5) is 5.69 Å². The fraction of sp³-hybridized carbons (Fsp3) is 0.364. The van der Waals surface area contributed by atoms with E-state index >= 15 is 0 Å². The van der Waals surface area contributed by atoms with Gasteiger partial charge in [-0.15, -0.1) is 11.3 Å². The number of fused-ring (bicyclic) bond motifs is 1. The van der Waals surface area contributed by atoms with Crippen molar-refractivity contribution < 1.29 is 14.4 Å². The molecule has 2 N–H and O–H groups in total. The van der Waals surface area contributed by atoms with Crippen molar-refractivity contribution in [3.05, 3.63) is 50.2 Å². The first-order valence-corrected chi connectivity index (χ1v) is 11.8. The van der Waals surface area contributed by atoms with Crippen LogP contribution >= 0.6 is 35.2 Å². The maximum absolute atomic E-state index is 12.9. The monoisotopic (exact) mass is 475 g/mol. The Kier molecular flexibility index (Phi) is 6.41. The maximum Gasteiger partial charge on any atom is 0.255 e. The van der Waals surface area contributed by atoms with Gasteiger partial charge in [-0.2, -0.15) is 0 Å². The third-order valence-electron chi connectivity index (χ3n) is 5.69. The molecule has 1 aromatic carbocycles. The van der Waals surface area contributed by atoms with Crippen molar-refractivity contribution in [3.8, 4) is 0 Å². The van der Waals surface area contributed by atoms with Crippen molar-refractivity contribution in [1.29, 1.82) is 0 Å². The molecule has 2 aromatic rings. The van der Waals surface area contributed by atoms with Gasteiger partial charge in [0, 0.05) is 33.9 Å². The molecule has 1 amide bonds. The number of aryl methyl sites for hydroxylation is 1. The van der Waals surface area contributed by atoms with Crippen molar-refractivity contribution >= 4 is 63.4 Å². The molecule has 1 aliphatic carbocycles. The van der Waals surface area contributed by atoms with Crippen LogP contribution in [0, 0.1) is 6.92 Å². The van der Waals surface area contributed by atoms with Crippen LogP contribution in [0.2, 0.25) is 5.02 Å². The highest BCUT2D eigenvalue weighted by Crippen LogP contribution is 2.34. The Bertz CT molecular complexity index is 1080. The molecule has 4 rings (SSSR count). The number of hydrogen-bond donors (Lipinski definition) is 2. The quantitative estimate of drug-likeness (QED) is 0.391. The lowest BCUT2D eigenvalue weighted by Gasteiger charge is -2.25. The van der Waals surface area contributed by atoms with Gasteiger partial charge in [0.1, 0.15) is 5.78 Å². The Hall–Kier alpha value is -2.29.